The molecule has 0 aliphatic carbocycles. The molecule has 1 aliphatic rings. The summed E-state index contributed by atoms with van der Waals surface area (Å²) in [6.45, 7) is 6.40. The topological polar surface area (TPSA) is 35.2 Å². The van der Waals surface area contributed by atoms with E-state index in [-0.39, 0.29) is 0 Å². The van der Waals surface area contributed by atoms with Crippen LogP contribution in [0.4, 0.5) is 0 Å². The van der Waals surface area contributed by atoms with Gasteiger partial charge in [0, 0.05) is 19.3 Å². The third-order valence-corrected chi connectivity index (χ3v) is 3.06. The van der Waals surface area contributed by atoms with E-state index >= 15 is 0 Å². The molecule has 2 N–H and O–H groups in total. The van der Waals surface area contributed by atoms with E-state index in [1.807, 2.05) is 0 Å². The van der Waals surface area contributed by atoms with E-state index in [1.165, 1.54) is 19.3 Å². The van der Waals surface area contributed by atoms with Crippen molar-refractivity contribution < 1.29 is 4.74 Å². The highest BCUT2D eigenvalue weighted by molar-refractivity contribution is 4.73. The standard InChI is InChI=1S/C11H23NO/c1-3-9(2)6-11(12)7-10-4-5-13-8-10/h9-11H,3-8,12H2,1-2H3. The molecule has 13 heavy (non-hydrogen) atoms. The lowest BCUT2D eigenvalue weighted by molar-refractivity contribution is 0.181. The summed E-state index contributed by atoms with van der Waals surface area (Å²) in [6, 6.07) is 0.390. The first kappa shape index (κ1) is 11.0. The van der Waals surface area contributed by atoms with Crippen molar-refractivity contribution in [1.82, 2.24) is 0 Å². The Morgan fingerprint density at radius 1 is 1.54 bits per heavy atom. The van der Waals surface area contributed by atoms with Gasteiger partial charge in [-0.2, -0.15) is 0 Å². The molecule has 2 heteroatoms. The van der Waals surface area contributed by atoms with E-state index < -0.39 is 0 Å². The summed E-state index contributed by atoms with van der Waals surface area (Å²) in [5, 5.41) is 0. The predicted molar refractivity (Wildman–Crippen MR) is 55.6 cm³/mol. The van der Waals surface area contributed by atoms with Crippen molar-refractivity contribution in [3.05, 3.63) is 0 Å². The van der Waals surface area contributed by atoms with Crippen LogP contribution >= 0.6 is 0 Å². The van der Waals surface area contributed by atoms with E-state index in [4.69, 9.17) is 10.5 Å². The van der Waals surface area contributed by atoms with Gasteiger partial charge in [-0.15, -0.1) is 0 Å². The SMILES string of the molecule is CCC(C)CC(N)CC1CCOC1. The van der Waals surface area contributed by atoms with Crippen molar-refractivity contribution in [2.75, 3.05) is 13.2 Å². The van der Waals surface area contributed by atoms with Gasteiger partial charge in [-0.05, 0) is 31.1 Å². The molecule has 1 aliphatic heterocycles. The Bertz CT molecular complexity index is 132. The summed E-state index contributed by atoms with van der Waals surface area (Å²) in [5.41, 5.74) is 6.07. The second kappa shape index (κ2) is 5.61. The van der Waals surface area contributed by atoms with Crippen molar-refractivity contribution in [3.63, 3.8) is 0 Å². The van der Waals surface area contributed by atoms with E-state index in [0.717, 1.165) is 31.5 Å². The molecule has 1 saturated heterocycles. The molecule has 0 radical (unpaired) electrons. The third kappa shape index (κ3) is 4.10. The average molecular weight is 185 g/mol. The lowest BCUT2D eigenvalue weighted by Crippen LogP contribution is -2.26. The Labute approximate surface area is 81.8 Å². The molecular weight excluding hydrogens is 162 g/mol. The summed E-state index contributed by atoms with van der Waals surface area (Å²) in [5.74, 6) is 1.51. The quantitative estimate of drug-likeness (QED) is 0.712. The molecule has 3 atom stereocenters. The van der Waals surface area contributed by atoms with Crippen molar-refractivity contribution in [2.24, 2.45) is 17.6 Å². The van der Waals surface area contributed by atoms with Gasteiger partial charge in [-0.1, -0.05) is 20.3 Å². The van der Waals surface area contributed by atoms with Crippen molar-refractivity contribution in [2.45, 2.75) is 45.6 Å². The maximum absolute atomic E-state index is 6.07. The van der Waals surface area contributed by atoms with Crippen LogP contribution in [-0.4, -0.2) is 19.3 Å². The maximum atomic E-state index is 6.07. The first-order valence-corrected chi connectivity index (χ1v) is 5.55. The van der Waals surface area contributed by atoms with E-state index in [1.54, 1.807) is 0 Å². The molecule has 1 rings (SSSR count). The third-order valence-electron chi connectivity index (χ3n) is 3.06. The van der Waals surface area contributed by atoms with Crippen LogP contribution in [0, 0.1) is 11.8 Å². The molecule has 0 aromatic carbocycles. The van der Waals surface area contributed by atoms with Gasteiger partial charge >= 0.3 is 0 Å². The molecule has 0 saturated carbocycles. The normalized spacial score (nSPS) is 27.5. The fourth-order valence-corrected chi connectivity index (χ4v) is 1.98. The van der Waals surface area contributed by atoms with Gasteiger partial charge in [0.25, 0.3) is 0 Å². The van der Waals surface area contributed by atoms with Gasteiger partial charge in [0.15, 0.2) is 0 Å². The van der Waals surface area contributed by atoms with Crippen LogP contribution in [0.1, 0.15) is 39.5 Å². The van der Waals surface area contributed by atoms with Gasteiger partial charge in [0.2, 0.25) is 0 Å². The molecule has 0 amide bonds. The van der Waals surface area contributed by atoms with Crippen LogP contribution < -0.4 is 5.73 Å². The lowest BCUT2D eigenvalue weighted by atomic mass is 9.92. The van der Waals surface area contributed by atoms with Crippen molar-refractivity contribution in [1.29, 1.82) is 0 Å². The molecule has 1 fully saturated rings. The molecular formula is C11H23NO. The molecule has 0 spiro atoms. The van der Waals surface area contributed by atoms with Gasteiger partial charge in [-0.3, -0.25) is 0 Å². The van der Waals surface area contributed by atoms with E-state index in [9.17, 15) is 0 Å². The monoisotopic (exact) mass is 185 g/mol. The first-order chi connectivity index (χ1) is 6.22. The zero-order valence-electron chi connectivity index (χ0n) is 8.96. The summed E-state index contributed by atoms with van der Waals surface area (Å²) in [7, 11) is 0. The Morgan fingerprint density at radius 3 is 2.85 bits per heavy atom. The summed E-state index contributed by atoms with van der Waals surface area (Å²) < 4.78 is 5.33. The Kier molecular flexibility index (Phi) is 4.74. The molecule has 78 valence electrons. The average Bonchev–Trinajstić information content (AvgIpc) is 2.56. The second-order valence-electron chi connectivity index (χ2n) is 4.47. The minimum Gasteiger partial charge on any atom is -0.381 e. The van der Waals surface area contributed by atoms with Crippen LogP contribution in [0.25, 0.3) is 0 Å². The maximum Gasteiger partial charge on any atom is 0.0495 e. The second-order valence-corrected chi connectivity index (χ2v) is 4.47. The largest absolute Gasteiger partial charge is 0.381 e. The summed E-state index contributed by atoms with van der Waals surface area (Å²) >= 11 is 0. The van der Waals surface area contributed by atoms with Crippen molar-refractivity contribution >= 4 is 0 Å². The summed E-state index contributed by atoms with van der Waals surface area (Å²) in [4.78, 5) is 0. The highest BCUT2D eigenvalue weighted by atomic mass is 16.5. The van der Waals surface area contributed by atoms with Gasteiger partial charge < -0.3 is 10.5 Å². The predicted octanol–water partition coefficient (Wildman–Crippen LogP) is 2.18. The molecule has 0 bridgehead atoms. The highest BCUT2D eigenvalue weighted by Gasteiger charge is 2.19. The van der Waals surface area contributed by atoms with Crippen LogP contribution in [0.2, 0.25) is 0 Å². The van der Waals surface area contributed by atoms with Crippen LogP contribution in [0.3, 0.4) is 0 Å². The minimum atomic E-state index is 0.390. The Balaban J connectivity index is 2.12. The van der Waals surface area contributed by atoms with E-state index in [2.05, 4.69) is 13.8 Å². The fourth-order valence-electron chi connectivity index (χ4n) is 1.98. The first-order valence-electron chi connectivity index (χ1n) is 5.55. The number of ether oxygens (including phenoxy) is 1. The molecule has 1 heterocycles. The molecule has 3 unspecified atom stereocenters. The summed E-state index contributed by atoms with van der Waals surface area (Å²) in [6.07, 6.45) is 4.79. The number of rotatable bonds is 5. The molecule has 0 aromatic heterocycles. The Hall–Kier alpha value is -0.0800. The minimum absolute atomic E-state index is 0.390. The fraction of sp³-hybridized carbons (Fsp3) is 1.00. The van der Waals surface area contributed by atoms with Gasteiger partial charge in [-0.25, -0.2) is 0 Å². The highest BCUT2D eigenvalue weighted by Crippen LogP contribution is 2.20. The zero-order valence-corrected chi connectivity index (χ0v) is 8.96. The molecule has 2 nitrogen and oxygen atoms in total. The van der Waals surface area contributed by atoms with Gasteiger partial charge in [0.1, 0.15) is 0 Å². The van der Waals surface area contributed by atoms with Crippen LogP contribution in [0.15, 0.2) is 0 Å². The van der Waals surface area contributed by atoms with Crippen LogP contribution in [0.5, 0.6) is 0 Å². The lowest BCUT2D eigenvalue weighted by Gasteiger charge is -2.18. The number of nitrogens with two attached hydrogens (primary N) is 1. The van der Waals surface area contributed by atoms with E-state index in [0.29, 0.717) is 6.04 Å². The zero-order chi connectivity index (χ0) is 9.68. The number of hydrogen-bond donors (Lipinski definition) is 1. The molecule has 0 aromatic rings. The van der Waals surface area contributed by atoms with Crippen LogP contribution in [-0.2, 0) is 4.74 Å². The Morgan fingerprint density at radius 2 is 2.31 bits per heavy atom. The van der Waals surface area contributed by atoms with Crippen molar-refractivity contribution in [3.8, 4) is 0 Å². The smallest absolute Gasteiger partial charge is 0.0495 e. The number of hydrogen-bond acceptors (Lipinski definition) is 2. The van der Waals surface area contributed by atoms with Gasteiger partial charge in [0.05, 0.1) is 0 Å².